The highest BCUT2D eigenvalue weighted by molar-refractivity contribution is 7.80. The van der Waals surface area contributed by atoms with E-state index in [4.69, 9.17) is 18.0 Å². The Morgan fingerprint density at radius 3 is 2.41 bits per heavy atom. The normalized spacial score (nSPS) is 24.1. The number of halogens is 1. The summed E-state index contributed by atoms with van der Waals surface area (Å²) < 4.78 is 13.8. The van der Waals surface area contributed by atoms with Gasteiger partial charge in [-0.3, -0.25) is 0 Å². The van der Waals surface area contributed by atoms with Crippen LogP contribution in [0.2, 0.25) is 0 Å². The number of nitrogens with zero attached hydrogens (tertiary/aromatic N) is 1. The SMILES string of the molecule is NC(=S)c1ccc(N2CC(O)C(O)C2)c(F)c1. The molecule has 1 aliphatic heterocycles. The van der Waals surface area contributed by atoms with E-state index in [1.54, 1.807) is 17.0 Å². The molecule has 0 amide bonds. The van der Waals surface area contributed by atoms with E-state index in [0.29, 0.717) is 11.3 Å². The molecule has 2 unspecified atom stereocenters. The van der Waals surface area contributed by atoms with Crippen molar-refractivity contribution in [3.63, 3.8) is 0 Å². The molecule has 0 radical (unpaired) electrons. The van der Waals surface area contributed by atoms with Crippen LogP contribution in [-0.2, 0) is 0 Å². The Balaban J connectivity index is 2.26. The molecule has 1 saturated heterocycles. The van der Waals surface area contributed by atoms with Gasteiger partial charge >= 0.3 is 0 Å². The Bertz CT molecular complexity index is 445. The Labute approximate surface area is 103 Å². The van der Waals surface area contributed by atoms with E-state index in [9.17, 15) is 14.6 Å². The summed E-state index contributed by atoms with van der Waals surface area (Å²) in [4.78, 5) is 1.73. The largest absolute Gasteiger partial charge is 0.389 e. The molecule has 0 aromatic heterocycles. The van der Waals surface area contributed by atoms with E-state index < -0.39 is 18.0 Å². The van der Waals surface area contributed by atoms with Gasteiger partial charge in [-0.1, -0.05) is 12.2 Å². The quantitative estimate of drug-likeness (QED) is 0.650. The van der Waals surface area contributed by atoms with Crippen molar-refractivity contribution in [2.75, 3.05) is 18.0 Å². The van der Waals surface area contributed by atoms with Crippen molar-refractivity contribution in [1.29, 1.82) is 0 Å². The van der Waals surface area contributed by atoms with Crippen molar-refractivity contribution >= 4 is 22.9 Å². The van der Waals surface area contributed by atoms with Crippen LogP contribution in [0.4, 0.5) is 10.1 Å². The van der Waals surface area contributed by atoms with Crippen LogP contribution in [0.5, 0.6) is 0 Å². The van der Waals surface area contributed by atoms with Gasteiger partial charge < -0.3 is 20.8 Å². The van der Waals surface area contributed by atoms with Crippen LogP contribution in [0.15, 0.2) is 18.2 Å². The Kier molecular flexibility index (Phi) is 3.28. The Morgan fingerprint density at radius 1 is 1.35 bits per heavy atom. The first-order chi connectivity index (χ1) is 7.99. The molecule has 0 spiro atoms. The number of thiocarbonyl (C=S) groups is 1. The molecule has 4 nitrogen and oxygen atoms in total. The molecule has 92 valence electrons. The molecule has 1 fully saturated rings. The van der Waals surface area contributed by atoms with Gasteiger partial charge in [0.1, 0.15) is 10.8 Å². The minimum atomic E-state index is -0.843. The van der Waals surface area contributed by atoms with Crippen molar-refractivity contribution in [3.8, 4) is 0 Å². The molecule has 1 aliphatic rings. The number of rotatable bonds is 2. The number of aliphatic hydroxyl groups is 2. The van der Waals surface area contributed by atoms with Crippen molar-refractivity contribution in [2.24, 2.45) is 5.73 Å². The maximum atomic E-state index is 13.8. The predicted octanol–water partition coefficient (Wildman–Crippen LogP) is 0.00170. The lowest BCUT2D eigenvalue weighted by atomic mass is 10.2. The summed E-state index contributed by atoms with van der Waals surface area (Å²) >= 11 is 4.75. The van der Waals surface area contributed by atoms with Gasteiger partial charge in [-0.15, -0.1) is 0 Å². The van der Waals surface area contributed by atoms with Gasteiger partial charge in [-0.05, 0) is 18.2 Å². The van der Waals surface area contributed by atoms with Crippen molar-refractivity contribution in [2.45, 2.75) is 12.2 Å². The second-order valence-corrected chi connectivity index (χ2v) is 4.51. The van der Waals surface area contributed by atoms with Crippen LogP contribution < -0.4 is 10.6 Å². The van der Waals surface area contributed by atoms with Gasteiger partial charge in [0.15, 0.2) is 0 Å². The van der Waals surface area contributed by atoms with E-state index in [-0.39, 0.29) is 18.1 Å². The third-order valence-corrected chi connectivity index (χ3v) is 3.07. The van der Waals surface area contributed by atoms with Gasteiger partial charge in [0.25, 0.3) is 0 Å². The van der Waals surface area contributed by atoms with Crippen molar-refractivity contribution in [3.05, 3.63) is 29.6 Å². The lowest BCUT2D eigenvalue weighted by Gasteiger charge is -2.18. The van der Waals surface area contributed by atoms with Crippen LogP contribution in [0.1, 0.15) is 5.56 Å². The van der Waals surface area contributed by atoms with Crippen molar-refractivity contribution < 1.29 is 14.6 Å². The fraction of sp³-hybridized carbons (Fsp3) is 0.364. The highest BCUT2D eigenvalue weighted by Gasteiger charge is 2.30. The minimum Gasteiger partial charge on any atom is -0.389 e. The highest BCUT2D eigenvalue weighted by atomic mass is 32.1. The molecular formula is C11H13FN2O2S. The standard InChI is InChI=1S/C11H13FN2O2S/c12-7-3-6(11(13)17)1-2-8(7)14-4-9(15)10(16)5-14/h1-3,9-10,15-16H,4-5H2,(H2,13,17). The van der Waals surface area contributed by atoms with Crippen LogP contribution in [-0.4, -0.2) is 40.5 Å². The van der Waals surface area contributed by atoms with Crippen LogP contribution in [0.3, 0.4) is 0 Å². The first-order valence-corrected chi connectivity index (χ1v) is 5.60. The fourth-order valence-corrected chi connectivity index (χ4v) is 2.01. The molecule has 2 atom stereocenters. The zero-order chi connectivity index (χ0) is 12.6. The smallest absolute Gasteiger partial charge is 0.147 e. The van der Waals surface area contributed by atoms with Crippen LogP contribution >= 0.6 is 12.2 Å². The summed E-state index contributed by atoms with van der Waals surface area (Å²) in [7, 11) is 0. The number of benzene rings is 1. The maximum absolute atomic E-state index is 13.8. The van der Waals surface area contributed by atoms with Gasteiger partial charge in [0.2, 0.25) is 0 Å². The van der Waals surface area contributed by atoms with Gasteiger partial charge in [0.05, 0.1) is 17.9 Å². The fourth-order valence-electron chi connectivity index (χ4n) is 1.88. The average molecular weight is 256 g/mol. The van der Waals surface area contributed by atoms with E-state index in [2.05, 4.69) is 0 Å². The highest BCUT2D eigenvalue weighted by Crippen LogP contribution is 2.24. The summed E-state index contributed by atoms with van der Waals surface area (Å²) in [5, 5.41) is 18.8. The molecule has 0 bridgehead atoms. The third kappa shape index (κ3) is 2.38. The molecule has 0 saturated carbocycles. The number of anilines is 1. The molecule has 4 N–H and O–H groups in total. The number of aliphatic hydroxyl groups excluding tert-OH is 2. The first kappa shape index (κ1) is 12.2. The summed E-state index contributed by atoms with van der Waals surface area (Å²) in [5.41, 5.74) is 6.20. The number of hydrogen-bond acceptors (Lipinski definition) is 4. The lowest BCUT2D eigenvalue weighted by molar-refractivity contribution is 0.0572. The van der Waals surface area contributed by atoms with Crippen LogP contribution in [0.25, 0.3) is 0 Å². The Hall–Kier alpha value is -1.24. The zero-order valence-corrected chi connectivity index (χ0v) is 9.82. The monoisotopic (exact) mass is 256 g/mol. The summed E-state index contributed by atoms with van der Waals surface area (Å²) in [6, 6.07) is 4.43. The number of β-amino-alcohol motifs (C(OH)–C–C–N with tert-alkyl or cyclic N) is 2. The zero-order valence-electron chi connectivity index (χ0n) is 9.01. The summed E-state index contributed by atoms with van der Waals surface area (Å²) in [6.07, 6.45) is -1.69. The molecule has 6 heteroatoms. The van der Waals surface area contributed by atoms with E-state index >= 15 is 0 Å². The second-order valence-electron chi connectivity index (χ2n) is 4.07. The van der Waals surface area contributed by atoms with Crippen LogP contribution in [0, 0.1) is 5.82 Å². The first-order valence-electron chi connectivity index (χ1n) is 5.19. The molecule has 1 aromatic rings. The van der Waals surface area contributed by atoms with Gasteiger partial charge in [-0.25, -0.2) is 4.39 Å². The molecule has 1 aromatic carbocycles. The van der Waals surface area contributed by atoms with E-state index in [0.717, 1.165) is 0 Å². The topological polar surface area (TPSA) is 69.7 Å². The Morgan fingerprint density at radius 2 is 1.94 bits per heavy atom. The number of nitrogens with two attached hydrogens (primary N) is 1. The van der Waals surface area contributed by atoms with Gasteiger partial charge in [0, 0.05) is 18.7 Å². The third-order valence-electron chi connectivity index (χ3n) is 2.83. The lowest BCUT2D eigenvalue weighted by Crippen LogP contribution is -2.22. The summed E-state index contributed by atoms with van der Waals surface area (Å²) in [6.45, 7) is 0.426. The second kappa shape index (κ2) is 4.56. The molecular weight excluding hydrogens is 243 g/mol. The minimum absolute atomic E-state index is 0.136. The van der Waals surface area contributed by atoms with Crippen molar-refractivity contribution in [1.82, 2.24) is 0 Å². The predicted molar refractivity (Wildman–Crippen MR) is 66.5 cm³/mol. The summed E-state index contributed by atoms with van der Waals surface area (Å²) in [5.74, 6) is -0.461. The van der Waals surface area contributed by atoms with E-state index in [1.165, 1.54) is 6.07 Å². The molecule has 0 aliphatic carbocycles. The average Bonchev–Trinajstić information content (AvgIpc) is 2.58. The van der Waals surface area contributed by atoms with E-state index in [1.807, 2.05) is 0 Å². The molecule has 1 heterocycles. The molecule has 17 heavy (non-hydrogen) atoms. The maximum Gasteiger partial charge on any atom is 0.147 e. The van der Waals surface area contributed by atoms with Gasteiger partial charge in [-0.2, -0.15) is 0 Å². The number of hydrogen-bond donors (Lipinski definition) is 3. The molecule has 2 rings (SSSR count).